The predicted octanol–water partition coefficient (Wildman–Crippen LogP) is 2.89. The minimum absolute atomic E-state index is 0.249. The highest BCUT2D eigenvalue weighted by molar-refractivity contribution is 6.07. The second kappa shape index (κ2) is 7.43. The van der Waals surface area contributed by atoms with Crippen molar-refractivity contribution in [2.75, 3.05) is 24.7 Å². The molecule has 1 amide bonds. The fourth-order valence-corrected chi connectivity index (χ4v) is 2.89. The molecule has 0 fully saturated rings. The van der Waals surface area contributed by atoms with Crippen LogP contribution in [0.3, 0.4) is 0 Å². The monoisotopic (exact) mass is 359 g/mol. The van der Waals surface area contributed by atoms with Crippen LogP contribution < -0.4 is 14.4 Å². The van der Waals surface area contributed by atoms with Gasteiger partial charge in [-0.3, -0.25) is 4.79 Å². The van der Waals surface area contributed by atoms with Gasteiger partial charge in [-0.05, 0) is 49.2 Å². The van der Waals surface area contributed by atoms with E-state index in [1.807, 2.05) is 0 Å². The van der Waals surface area contributed by atoms with E-state index in [4.69, 9.17) is 14.6 Å². The molecular weight excluding hydrogens is 341 g/mol. The van der Waals surface area contributed by atoms with Gasteiger partial charge in [-0.1, -0.05) is 6.07 Å². The molecule has 1 aliphatic heterocycles. The first-order valence-electron chi connectivity index (χ1n) is 8.21. The second-order valence-electron chi connectivity index (χ2n) is 5.76. The first kappa shape index (κ1) is 17.7. The number of carboxylic acid groups (broad SMARTS) is 1. The van der Waals surface area contributed by atoms with E-state index >= 15 is 0 Å². The van der Waals surface area contributed by atoms with Gasteiger partial charge in [0.05, 0.1) is 12.3 Å². The number of halogens is 1. The molecule has 0 aliphatic carbocycles. The summed E-state index contributed by atoms with van der Waals surface area (Å²) < 4.78 is 24.2. The van der Waals surface area contributed by atoms with Crippen molar-refractivity contribution >= 4 is 17.6 Å². The summed E-state index contributed by atoms with van der Waals surface area (Å²) >= 11 is 0. The van der Waals surface area contributed by atoms with E-state index in [2.05, 4.69) is 0 Å². The summed E-state index contributed by atoms with van der Waals surface area (Å²) in [5.41, 5.74) is 1.85. The highest BCUT2D eigenvalue weighted by Crippen LogP contribution is 2.33. The molecule has 1 N–H and O–H groups in total. The molecule has 1 aliphatic rings. The third-order valence-corrected chi connectivity index (χ3v) is 4.03. The number of hydrogen-bond acceptors (Lipinski definition) is 4. The summed E-state index contributed by atoms with van der Waals surface area (Å²) in [5.74, 6) is -1.24. The van der Waals surface area contributed by atoms with Gasteiger partial charge in [-0.2, -0.15) is 0 Å². The molecule has 0 atom stereocenters. The van der Waals surface area contributed by atoms with Gasteiger partial charge >= 0.3 is 5.97 Å². The number of ether oxygens (including phenoxy) is 2. The first-order valence-corrected chi connectivity index (χ1v) is 8.21. The number of benzene rings is 2. The molecule has 3 rings (SSSR count). The molecule has 1 heterocycles. The Kier molecular flexibility index (Phi) is 5.06. The molecule has 26 heavy (non-hydrogen) atoms. The molecule has 6 nitrogen and oxygen atoms in total. The summed E-state index contributed by atoms with van der Waals surface area (Å²) in [5, 5.41) is 8.74. The number of hydrogen-bond donors (Lipinski definition) is 1. The third kappa shape index (κ3) is 3.61. The van der Waals surface area contributed by atoms with E-state index in [0.29, 0.717) is 36.6 Å². The van der Waals surface area contributed by atoms with Gasteiger partial charge < -0.3 is 19.5 Å². The molecule has 2 aromatic rings. The lowest BCUT2D eigenvalue weighted by molar-refractivity contribution is -0.139. The molecule has 7 heteroatoms. The van der Waals surface area contributed by atoms with E-state index in [1.165, 1.54) is 29.2 Å². The second-order valence-corrected chi connectivity index (χ2v) is 5.76. The zero-order valence-electron chi connectivity index (χ0n) is 14.2. The fraction of sp³-hybridized carbons (Fsp3) is 0.263. The molecule has 0 saturated heterocycles. The Balaban J connectivity index is 1.87. The highest BCUT2D eigenvalue weighted by Gasteiger charge is 2.26. The molecule has 2 aromatic carbocycles. The van der Waals surface area contributed by atoms with Crippen molar-refractivity contribution in [3.63, 3.8) is 0 Å². The van der Waals surface area contributed by atoms with Gasteiger partial charge in [0, 0.05) is 12.1 Å². The van der Waals surface area contributed by atoms with Crippen molar-refractivity contribution in [1.29, 1.82) is 0 Å². The van der Waals surface area contributed by atoms with Crippen molar-refractivity contribution in [2.45, 2.75) is 13.3 Å². The third-order valence-electron chi connectivity index (χ3n) is 4.03. The minimum atomic E-state index is -1.11. The van der Waals surface area contributed by atoms with E-state index in [1.54, 1.807) is 19.1 Å². The minimum Gasteiger partial charge on any atom is -0.490 e. The Bertz CT molecular complexity index is 852. The molecular formula is C19H18FNO5. The van der Waals surface area contributed by atoms with Gasteiger partial charge in [-0.25, -0.2) is 9.18 Å². The van der Waals surface area contributed by atoms with Crippen LogP contribution in [0.1, 0.15) is 22.8 Å². The maximum Gasteiger partial charge on any atom is 0.341 e. The molecule has 0 aromatic heterocycles. The Morgan fingerprint density at radius 3 is 2.69 bits per heavy atom. The number of amides is 1. The molecule has 0 unspecified atom stereocenters. The highest BCUT2D eigenvalue weighted by atomic mass is 19.1. The molecule has 0 spiro atoms. The Morgan fingerprint density at radius 2 is 1.96 bits per heavy atom. The Morgan fingerprint density at radius 1 is 1.15 bits per heavy atom. The zero-order chi connectivity index (χ0) is 18.7. The van der Waals surface area contributed by atoms with Gasteiger partial charge in [0.2, 0.25) is 0 Å². The van der Waals surface area contributed by atoms with Crippen molar-refractivity contribution < 1.29 is 28.6 Å². The number of anilines is 1. The number of fused-ring (bicyclic) bond motifs is 1. The summed E-state index contributed by atoms with van der Waals surface area (Å²) in [4.78, 5) is 25.1. The van der Waals surface area contributed by atoms with Crippen molar-refractivity contribution in [3.8, 4) is 11.5 Å². The number of carboxylic acids is 1. The topological polar surface area (TPSA) is 76.1 Å². The number of carbonyl (C=O) groups is 2. The summed E-state index contributed by atoms with van der Waals surface area (Å²) in [6.45, 7) is 2.07. The predicted molar refractivity (Wildman–Crippen MR) is 92.5 cm³/mol. The van der Waals surface area contributed by atoms with Gasteiger partial charge in [0.25, 0.3) is 5.91 Å². The van der Waals surface area contributed by atoms with E-state index < -0.39 is 18.4 Å². The maximum absolute atomic E-state index is 13.5. The van der Waals surface area contributed by atoms with E-state index in [0.717, 1.165) is 5.56 Å². The van der Waals surface area contributed by atoms with Crippen LogP contribution in [0.5, 0.6) is 11.5 Å². The Labute approximate surface area is 149 Å². The van der Waals surface area contributed by atoms with Crippen molar-refractivity contribution in [2.24, 2.45) is 0 Å². The molecule has 0 bridgehead atoms. The molecule has 0 saturated carbocycles. The quantitative estimate of drug-likeness (QED) is 0.858. The average Bonchev–Trinajstić information content (AvgIpc) is 3.03. The molecule has 0 radical (unpaired) electrons. The SMILES string of the molecule is CCOc1cc(C(=O)N2CCc3ccc(F)cc32)ccc1OCC(=O)O. The number of carbonyl (C=O) groups excluding carboxylic acids is 1. The van der Waals surface area contributed by atoms with Crippen LogP contribution >= 0.6 is 0 Å². The van der Waals surface area contributed by atoms with Gasteiger partial charge in [0.15, 0.2) is 18.1 Å². The van der Waals surface area contributed by atoms with Crippen LogP contribution in [-0.4, -0.2) is 36.7 Å². The standard InChI is InChI=1S/C19H18FNO5/c1-2-25-17-9-13(4-6-16(17)26-11-18(22)23)19(24)21-8-7-12-3-5-14(20)10-15(12)21/h3-6,9-10H,2,7-8,11H2,1H3,(H,22,23). The zero-order valence-corrected chi connectivity index (χ0v) is 14.2. The lowest BCUT2D eigenvalue weighted by atomic mass is 10.1. The number of nitrogens with zero attached hydrogens (tertiary/aromatic N) is 1. The van der Waals surface area contributed by atoms with E-state index in [-0.39, 0.29) is 11.7 Å². The van der Waals surface area contributed by atoms with Crippen molar-refractivity contribution in [1.82, 2.24) is 0 Å². The van der Waals surface area contributed by atoms with Gasteiger partial charge in [-0.15, -0.1) is 0 Å². The van der Waals surface area contributed by atoms with Crippen LogP contribution in [-0.2, 0) is 11.2 Å². The lowest BCUT2D eigenvalue weighted by Gasteiger charge is -2.19. The largest absolute Gasteiger partial charge is 0.490 e. The number of aliphatic carboxylic acids is 1. The van der Waals surface area contributed by atoms with Gasteiger partial charge in [0.1, 0.15) is 5.82 Å². The Hall–Kier alpha value is -3.09. The normalized spacial score (nSPS) is 12.6. The summed E-state index contributed by atoms with van der Waals surface area (Å²) in [6.07, 6.45) is 0.666. The summed E-state index contributed by atoms with van der Waals surface area (Å²) in [7, 11) is 0. The lowest BCUT2D eigenvalue weighted by Crippen LogP contribution is -2.29. The van der Waals surface area contributed by atoms with Crippen LogP contribution in [0.25, 0.3) is 0 Å². The van der Waals surface area contributed by atoms with Crippen LogP contribution in [0.15, 0.2) is 36.4 Å². The average molecular weight is 359 g/mol. The summed E-state index contributed by atoms with van der Waals surface area (Å²) in [6, 6.07) is 8.98. The van der Waals surface area contributed by atoms with Crippen LogP contribution in [0.2, 0.25) is 0 Å². The first-order chi connectivity index (χ1) is 12.5. The van der Waals surface area contributed by atoms with Crippen LogP contribution in [0, 0.1) is 5.82 Å². The van der Waals surface area contributed by atoms with E-state index in [9.17, 15) is 14.0 Å². The maximum atomic E-state index is 13.5. The number of rotatable bonds is 6. The van der Waals surface area contributed by atoms with Crippen LogP contribution in [0.4, 0.5) is 10.1 Å². The fourth-order valence-electron chi connectivity index (χ4n) is 2.89. The van der Waals surface area contributed by atoms with Crippen molar-refractivity contribution in [3.05, 3.63) is 53.3 Å². The molecule has 136 valence electrons. The smallest absolute Gasteiger partial charge is 0.341 e.